The zero-order chi connectivity index (χ0) is 7.72. The third-order valence-electron chi connectivity index (χ3n) is 0.895. The van der Waals surface area contributed by atoms with Crippen molar-refractivity contribution >= 4 is 5.69 Å². The fraction of sp³-hybridized carbons (Fsp3) is 0. The van der Waals surface area contributed by atoms with Crippen LogP contribution in [-0.4, -0.2) is 0 Å². The molecule has 0 atom stereocenters. The largest absolute Gasteiger partial charge is 0.396 e. The Bertz CT molecular complexity index is 212. The lowest BCUT2D eigenvalue weighted by Gasteiger charge is -1.92. The van der Waals surface area contributed by atoms with Crippen molar-refractivity contribution in [3.05, 3.63) is 29.8 Å². The molecule has 0 spiro atoms. The highest BCUT2D eigenvalue weighted by Crippen LogP contribution is 2.09. The molecule has 0 fully saturated rings. The predicted molar refractivity (Wildman–Crippen MR) is 30.8 cm³/mol. The van der Waals surface area contributed by atoms with Gasteiger partial charge < -0.3 is 5.73 Å². The van der Waals surface area contributed by atoms with E-state index in [1.54, 1.807) is 0 Å². The van der Waals surface area contributed by atoms with Crippen molar-refractivity contribution in [2.24, 2.45) is 0 Å². The first-order valence-electron chi connectivity index (χ1n) is 2.82. The van der Waals surface area contributed by atoms with Gasteiger partial charge in [0.2, 0.25) is 0 Å². The Hall–Kier alpha value is -1.12. The first kappa shape index (κ1) is 4.73. The van der Waals surface area contributed by atoms with Crippen LogP contribution in [0.2, 0.25) is 0 Å². The standard InChI is InChI=1S/C6H5F2N/c7-4-1-2-5(8)6(9)3-4/h1-3H,9H2/i1D. The number of hydrogen-bond donors (Lipinski definition) is 1. The molecule has 0 aromatic heterocycles. The molecule has 0 bridgehead atoms. The van der Waals surface area contributed by atoms with Gasteiger partial charge in [-0.1, -0.05) is 0 Å². The van der Waals surface area contributed by atoms with Crippen molar-refractivity contribution in [1.82, 2.24) is 0 Å². The van der Waals surface area contributed by atoms with Crippen LogP contribution >= 0.6 is 0 Å². The number of anilines is 1. The Morgan fingerprint density at radius 3 is 2.78 bits per heavy atom. The molecule has 1 rings (SSSR count). The number of hydrogen-bond acceptors (Lipinski definition) is 1. The zero-order valence-electron chi connectivity index (χ0n) is 5.49. The lowest BCUT2D eigenvalue weighted by Crippen LogP contribution is -1.89. The maximum Gasteiger partial charge on any atom is 0.146 e. The normalized spacial score (nSPS) is 11.1. The summed E-state index contributed by atoms with van der Waals surface area (Å²) in [4.78, 5) is 0. The van der Waals surface area contributed by atoms with Crippen LogP contribution in [0.1, 0.15) is 1.37 Å². The number of nitrogen functional groups attached to an aromatic ring is 1. The molecule has 1 aromatic rings. The maximum absolute atomic E-state index is 12.3. The second-order valence-corrected chi connectivity index (χ2v) is 1.58. The molecule has 0 aliphatic carbocycles. The molecule has 0 saturated heterocycles. The van der Waals surface area contributed by atoms with Gasteiger partial charge in [0.15, 0.2) is 0 Å². The van der Waals surface area contributed by atoms with Crippen LogP contribution in [0.5, 0.6) is 0 Å². The zero-order valence-corrected chi connectivity index (χ0v) is 4.49. The first-order valence-corrected chi connectivity index (χ1v) is 2.32. The van der Waals surface area contributed by atoms with Crippen LogP contribution < -0.4 is 5.73 Å². The van der Waals surface area contributed by atoms with Crippen molar-refractivity contribution in [3.63, 3.8) is 0 Å². The van der Waals surface area contributed by atoms with Gasteiger partial charge in [0, 0.05) is 0 Å². The van der Waals surface area contributed by atoms with E-state index in [4.69, 9.17) is 7.10 Å². The first-order chi connectivity index (χ1) is 4.61. The smallest absolute Gasteiger partial charge is 0.146 e. The molecule has 0 aliphatic rings. The van der Waals surface area contributed by atoms with Gasteiger partial charge in [-0.2, -0.15) is 0 Å². The Kier molecular flexibility index (Phi) is 1.06. The molecule has 0 amide bonds. The van der Waals surface area contributed by atoms with Gasteiger partial charge in [0.1, 0.15) is 11.6 Å². The van der Waals surface area contributed by atoms with Crippen LogP contribution in [0.4, 0.5) is 14.5 Å². The second kappa shape index (κ2) is 2.01. The van der Waals surface area contributed by atoms with Crippen LogP contribution in [0, 0.1) is 11.6 Å². The highest BCUT2D eigenvalue weighted by Gasteiger charge is 1.96. The summed E-state index contributed by atoms with van der Waals surface area (Å²) >= 11 is 0. The minimum absolute atomic E-state index is 0.270. The van der Waals surface area contributed by atoms with Crippen LogP contribution in [0.3, 0.4) is 0 Å². The Labute approximate surface area is 52.5 Å². The Morgan fingerprint density at radius 1 is 1.56 bits per heavy atom. The highest BCUT2D eigenvalue weighted by atomic mass is 19.1. The molecule has 0 unspecified atom stereocenters. The van der Waals surface area contributed by atoms with E-state index in [9.17, 15) is 8.78 Å². The molecule has 0 heterocycles. The van der Waals surface area contributed by atoms with E-state index in [0.717, 1.165) is 12.1 Å². The summed E-state index contributed by atoms with van der Waals surface area (Å²) in [5.41, 5.74) is 4.72. The minimum atomic E-state index is -0.807. The van der Waals surface area contributed by atoms with Gasteiger partial charge in [-0.3, -0.25) is 0 Å². The van der Waals surface area contributed by atoms with E-state index in [-0.39, 0.29) is 5.69 Å². The number of rotatable bonds is 0. The Balaban J connectivity index is 3.28. The molecule has 3 heteroatoms. The second-order valence-electron chi connectivity index (χ2n) is 1.58. The molecule has 2 N–H and O–H groups in total. The van der Waals surface area contributed by atoms with Crippen LogP contribution in [0.15, 0.2) is 18.2 Å². The van der Waals surface area contributed by atoms with Gasteiger partial charge in [-0.05, 0) is 18.2 Å². The average Bonchev–Trinajstić information content (AvgIpc) is 1.84. The maximum atomic E-state index is 12.3. The summed E-state index contributed by atoms with van der Waals surface area (Å²) in [7, 11) is 0. The SMILES string of the molecule is [2H]c1cc(F)c(N)cc1F. The predicted octanol–water partition coefficient (Wildman–Crippen LogP) is 1.55. The molecular formula is C6H5F2N. The van der Waals surface area contributed by atoms with E-state index in [0.29, 0.717) is 0 Å². The van der Waals surface area contributed by atoms with Gasteiger partial charge >= 0.3 is 0 Å². The van der Waals surface area contributed by atoms with E-state index in [2.05, 4.69) is 0 Å². The summed E-state index contributed by atoms with van der Waals surface area (Å²) in [6.45, 7) is 0. The van der Waals surface area contributed by atoms with Crippen LogP contribution in [-0.2, 0) is 0 Å². The van der Waals surface area contributed by atoms with Crippen LogP contribution in [0.25, 0.3) is 0 Å². The molecule has 9 heavy (non-hydrogen) atoms. The monoisotopic (exact) mass is 130 g/mol. The molecule has 0 aliphatic heterocycles. The average molecular weight is 130 g/mol. The minimum Gasteiger partial charge on any atom is -0.396 e. The number of nitrogens with two attached hydrogens (primary N) is 1. The number of benzene rings is 1. The molecular weight excluding hydrogens is 124 g/mol. The summed E-state index contributed by atoms with van der Waals surface area (Å²) in [5, 5.41) is 0. The molecule has 0 radical (unpaired) electrons. The topological polar surface area (TPSA) is 26.0 Å². The van der Waals surface area contributed by atoms with Crippen molar-refractivity contribution in [2.75, 3.05) is 5.73 Å². The quantitative estimate of drug-likeness (QED) is 0.530. The lowest BCUT2D eigenvalue weighted by molar-refractivity contribution is 0.604. The summed E-state index contributed by atoms with van der Waals surface area (Å²) in [6.07, 6.45) is 0. The number of halogens is 2. The molecule has 0 saturated carbocycles. The van der Waals surface area contributed by atoms with Gasteiger partial charge in [-0.25, -0.2) is 8.78 Å². The molecule has 48 valence electrons. The van der Waals surface area contributed by atoms with E-state index >= 15 is 0 Å². The highest BCUT2D eigenvalue weighted by molar-refractivity contribution is 5.38. The van der Waals surface area contributed by atoms with Gasteiger partial charge in [0.05, 0.1) is 7.06 Å². The molecule has 1 aromatic carbocycles. The fourth-order valence-corrected chi connectivity index (χ4v) is 0.463. The third-order valence-corrected chi connectivity index (χ3v) is 0.895. The lowest BCUT2D eigenvalue weighted by atomic mass is 10.3. The Morgan fingerprint density at radius 2 is 2.22 bits per heavy atom. The molecule has 1 nitrogen and oxygen atoms in total. The van der Waals surface area contributed by atoms with E-state index < -0.39 is 17.7 Å². The van der Waals surface area contributed by atoms with Crippen molar-refractivity contribution in [2.45, 2.75) is 0 Å². The van der Waals surface area contributed by atoms with Crippen molar-refractivity contribution in [1.29, 1.82) is 0 Å². The summed E-state index contributed by atoms with van der Waals surface area (Å²) < 4.78 is 31.5. The van der Waals surface area contributed by atoms with Crippen molar-refractivity contribution < 1.29 is 10.2 Å². The third kappa shape index (κ3) is 1.16. The fourth-order valence-electron chi connectivity index (χ4n) is 0.463. The summed E-state index contributed by atoms with van der Waals surface area (Å²) in [6, 6.07) is 1.05. The van der Waals surface area contributed by atoms with Gasteiger partial charge in [0.25, 0.3) is 0 Å². The van der Waals surface area contributed by atoms with E-state index in [1.165, 1.54) is 0 Å². The summed E-state index contributed by atoms with van der Waals surface area (Å²) in [5.74, 6) is -1.56. The van der Waals surface area contributed by atoms with E-state index in [1.807, 2.05) is 0 Å². The van der Waals surface area contributed by atoms with Gasteiger partial charge in [-0.15, -0.1) is 0 Å². The van der Waals surface area contributed by atoms with Crippen molar-refractivity contribution in [3.8, 4) is 0 Å².